The van der Waals surface area contributed by atoms with E-state index in [1.54, 1.807) is 19.1 Å². The predicted octanol–water partition coefficient (Wildman–Crippen LogP) is 4.23. The van der Waals surface area contributed by atoms with Crippen molar-refractivity contribution in [3.63, 3.8) is 0 Å². The van der Waals surface area contributed by atoms with Crippen LogP contribution in [0.25, 0.3) is 11.1 Å². The lowest BCUT2D eigenvalue weighted by Gasteiger charge is -2.21. The molecule has 1 heterocycles. The van der Waals surface area contributed by atoms with Gasteiger partial charge in [-0.1, -0.05) is 32.4 Å². The number of aromatic nitrogens is 2. The number of benzene rings is 1. The van der Waals surface area contributed by atoms with E-state index in [1.807, 2.05) is 33.8 Å². The molecule has 6 heteroatoms. The first-order chi connectivity index (χ1) is 12.2. The molecule has 0 saturated heterocycles. The van der Waals surface area contributed by atoms with Gasteiger partial charge < -0.3 is 4.74 Å². The largest absolute Gasteiger partial charge is 0.460 e. The summed E-state index contributed by atoms with van der Waals surface area (Å²) in [6, 6.07) is 6.64. The van der Waals surface area contributed by atoms with Crippen molar-refractivity contribution in [1.29, 1.82) is 5.26 Å². The van der Waals surface area contributed by atoms with Crippen LogP contribution in [0.4, 0.5) is 4.39 Å². The third kappa shape index (κ3) is 4.42. The normalized spacial score (nSPS) is 11.1. The summed E-state index contributed by atoms with van der Waals surface area (Å²) in [6.45, 7) is 9.69. The molecule has 2 aromatic rings. The van der Waals surface area contributed by atoms with E-state index in [1.165, 1.54) is 6.07 Å². The van der Waals surface area contributed by atoms with Crippen molar-refractivity contribution in [2.24, 2.45) is 5.41 Å². The highest BCUT2D eigenvalue weighted by molar-refractivity contribution is 5.86. The van der Waals surface area contributed by atoms with Crippen molar-refractivity contribution in [3.8, 4) is 17.2 Å². The molecule has 1 aromatic carbocycles. The molecule has 0 radical (unpaired) electrons. The second kappa shape index (κ2) is 7.61. The molecular formula is C20H22FN3O2. The Labute approximate surface area is 152 Å². The molecule has 0 fully saturated rings. The number of hydrogen-bond acceptors (Lipinski definition) is 5. The molecule has 0 bridgehead atoms. The molecule has 26 heavy (non-hydrogen) atoms. The minimum atomic E-state index is -0.699. The van der Waals surface area contributed by atoms with Crippen LogP contribution < -0.4 is 0 Å². The number of carbonyl (C=O) groups excluding carboxylic acids is 1. The molecular weight excluding hydrogens is 333 g/mol. The highest BCUT2D eigenvalue weighted by Gasteiger charge is 2.25. The summed E-state index contributed by atoms with van der Waals surface area (Å²) in [4.78, 5) is 20.4. The monoisotopic (exact) mass is 355 g/mol. The number of carbonyl (C=O) groups is 1. The minimum absolute atomic E-state index is 0.0354. The van der Waals surface area contributed by atoms with Crippen molar-refractivity contribution in [1.82, 2.24) is 9.97 Å². The van der Waals surface area contributed by atoms with E-state index in [-0.39, 0.29) is 29.1 Å². The Morgan fingerprint density at radius 3 is 2.58 bits per heavy atom. The van der Waals surface area contributed by atoms with Gasteiger partial charge in [0.1, 0.15) is 11.9 Å². The first kappa shape index (κ1) is 19.5. The predicted molar refractivity (Wildman–Crippen MR) is 96.0 cm³/mol. The fourth-order valence-electron chi connectivity index (χ4n) is 2.62. The van der Waals surface area contributed by atoms with Crippen LogP contribution in [0.5, 0.6) is 0 Å². The van der Waals surface area contributed by atoms with Crippen molar-refractivity contribution in [2.75, 3.05) is 6.61 Å². The average molecular weight is 355 g/mol. The van der Waals surface area contributed by atoms with E-state index < -0.39 is 11.8 Å². The molecule has 0 N–H and O–H groups in total. The van der Waals surface area contributed by atoms with Gasteiger partial charge in [-0.3, -0.25) is 0 Å². The summed E-state index contributed by atoms with van der Waals surface area (Å²) in [6.07, 6.45) is 0.444. The summed E-state index contributed by atoms with van der Waals surface area (Å²) in [5.41, 5.74) is 1.67. The third-order valence-electron chi connectivity index (χ3n) is 3.64. The highest BCUT2D eigenvalue weighted by Crippen LogP contribution is 2.32. The van der Waals surface area contributed by atoms with Gasteiger partial charge in [-0.25, -0.2) is 19.2 Å². The van der Waals surface area contributed by atoms with Crippen molar-refractivity contribution in [3.05, 3.63) is 46.8 Å². The molecule has 1 aromatic heterocycles. The number of hydrogen-bond donors (Lipinski definition) is 0. The molecule has 2 rings (SSSR count). The Kier molecular flexibility index (Phi) is 5.71. The molecule has 0 amide bonds. The quantitative estimate of drug-likeness (QED) is 0.767. The number of nitrogens with zero attached hydrogens (tertiary/aromatic N) is 3. The minimum Gasteiger partial charge on any atom is -0.460 e. The van der Waals surface area contributed by atoms with E-state index in [0.29, 0.717) is 17.7 Å². The number of ether oxygens (including phenoxy) is 1. The number of esters is 1. The van der Waals surface area contributed by atoms with Gasteiger partial charge in [0.2, 0.25) is 5.82 Å². The maximum atomic E-state index is 14.5. The van der Waals surface area contributed by atoms with E-state index in [2.05, 4.69) is 9.97 Å². The van der Waals surface area contributed by atoms with Gasteiger partial charge in [-0.05, 0) is 37.8 Å². The molecule has 0 aliphatic rings. The van der Waals surface area contributed by atoms with Crippen LogP contribution in [0, 0.1) is 29.5 Å². The number of aryl methyl sites for hydroxylation is 1. The number of halogens is 1. The van der Waals surface area contributed by atoms with Crippen LogP contribution in [0.2, 0.25) is 0 Å². The van der Waals surface area contributed by atoms with Gasteiger partial charge in [-0.2, -0.15) is 5.26 Å². The Morgan fingerprint density at radius 1 is 1.31 bits per heavy atom. The zero-order valence-corrected chi connectivity index (χ0v) is 15.7. The first-order valence-corrected chi connectivity index (χ1v) is 8.41. The maximum Gasteiger partial charge on any atom is 0.376 e. The van der Waals surface area contributed by atoms with Crippen LogP contribution in [-0.4, -0.2) is 22.5 Å². The van der Waals surface area contributed by atoms with E-state index in [0.717, 1.165) is 5.56 Å². The van der Waals surface area contributed by atoms with E-state index in [9.17, 15) is 14.4 Å². The smallest absolute Gasteiger partial charge is 0.376 e. The summed E-state index contributed by atoms with van der Waals surface area (Å²) >= 11 is 0. The molecule has 0 aliphatic heterocycles. The van der Waals surface area contributed by atoms with Crippen LogP contribution >= 0.6 is 0 Å². The molecule has 0 saturated carbocycles. The second-order valence-electron chi connectivity index (χ2n) is 7.27. The summed E-state index contributed by atoms with van der Waals surface area (Å²) in [7, 11) is 0. The average Bonchev–Trinajstić information content (AvgIpc) is 2.55. The Hall–Kier alpha value is -2.81. The van der Waals surface area contributed by atoms with Gasteiger partial charge in [-0.15, -0.1) is 0 Å². The summed E-state index contributed by atoms with van der Waals surface area (Å²) < 4.78 is 19.5. The third-order valence-corrected chi connectivity index (χ3v) is 3.64. The lowest BCUT2D eigenvalue weighted by Crippen LogP contribution is -2.18. The fraction of sp³-hybridized carbons (Fsp3) is 0.400. The van der Waals surface area contributed by atoms with Crippen molar-refractivity contribution in [2.45, 2.75) is 41.0 Å². The Morgan fingerprint density at radius 2 is 2.00 bits per heavy atom. The Bertz CT molecular complexity index is 880. The van der Waals surface area contributed by atoms with Crippen LogP contribution in [0.15, 0.2) is 18.2 Å². The van der Waals surface area contributed by atoms with Gasteiger partial charge in [0.25, 0.3) is 0 Å². The first-order valence-electron chi connectivity index (χ1n) is 8.41. The highest BCUT2D eigenvalue weighted by atomic mass is 19.1. The lowest BCUT2D eigenvalue weighted by atomic mass is 9.87. The SMILES string of the molecule is CCOC(=O)c1nc(C#N)c(-c2cc(C)ccc2F)c(CC(C)(C)C)n1. The Balaban J connectivity index is 2.78. The lowest BCUT2D eigenvalue weighted by molar-refractivity contribution is 0.0511. The zero-order chi connectivity index (χ0) is 19.5. The van der Waals surface area contributed by atoms with Gasteiger partial charge in [0.15, 0.2) is 5.69 Å². The molecule has 0 aliphatic carbocycles. The van der Waals surface area contributed by atoms with Gasteiger partial charge in [0.05, 0.1) is 12.3 Å². The molecule has 0 spiro atoms. The van der Waals surface area contributed by atoms with Gasteiger partial charge >= 0.3 is 5.97 Å². The zero-order valence-electron chi connectivity index (χ0n) is 15.7. The van der Waals surface area contributed by atoms with Crippen LogP contribution in [0.1, 0.15) is 55.3 Å². The topological polar surface area (TPSA) is 75.9 Å². The number of rotatable bonds is 4. The van der Waals surface area contributed by atoms with Gasteiger partial charge in [0, 0.05) is 11.1 Å². The molecule has 136 valence electrons. The maximum absolute atomic E-state index is 14.5. The second-order valence-corrected chi connectivity index (χ2v) is 7.27. The van der Waals surface area contributed by atoms with Crippen molar-refractivity contribution >= 4 is 5.97 Å². The summed E-state index contributed by atoms with van der Waals surface area (Å²) in [5.74, 6) is -1.34. The molecule has 5 nitrogen and oxygen atoms in total. The molecule has 0 atom stereocenters. The fourth-order valence-corrected chi connectivity index (χ4v) is 2.62. The van der Waals surface area contributed by atoms with E-state index in [4.69, 9.17) is 4.74 Å². The van der Waals surface area contributed by atoms with Crippen LogP contribution in [-0.2, 0) is 11.2 Å². The van der Waals surface area contributed by atoms with Crippen molar-refractivity contribution < 1.29 is 13.9 Å². The summed E-state index contributed by atoms with van der Waals surface area (Å²) in [5, 5.41) is 9.58. The van der Waals surface area contributed by atoms with Crippen LogP contribution in [0.3, 0.4) is 0 Å². The number of nitriles is 1. The standard InChI is InChI=1S/C20H22FN3O2/c1-6-26-19(25)18-23-15(10-20(3,4)5)17(16(11-22)24-18)13-9-12(2)7-8-14(13)21/h7-9H,6,10H2,1-5H3. The molecule has 0 unspecified atom stereocenters. The van der Waals surface area contributed by atoms with E-state index >= 15 is 0 Å².